The van der Waals surface area contributed by atoms with Crippen molar-refractivity contribution >= 4 is 27.9 Å². The number of carbonyl (C=O) groups is 2. The van der Waals surface area contributed by atoms with E-state index < -0.39 is 26.8 Å². The molecule has 1 saturated carbocycles. The molecule has 7 nitrogen and oxygen atoms in total. The molecule has 0 heterocycles. The fourth-order valence-corrected chi connectivity index (χ4v) is 6.08. The summed E-state index contributed by atoms with van der Waals surface area (Å²) in [7, 11) is -2.32. The summed E-state index contributed by atoms with van der Waals surface area (Å²) in [5, 5.41) is 8.66. The Hall–Kier alpha value is -1.93. The molecule has 0 bridgehead atoms. The summed E-state index contributed by atoms with van der Waals surface area (Å²) in [6.45, 7) is 6.04. The number of sulfonamides is 1. The molecule has 1 aliphatic rings. The molecule has 0 aromatic heterocycles. The molecule has 2 N–H and O–H groups in total. The van der Waals surface area contributed by atoms with Crippen molar-refractivity contribution in [2.24, 2.45) is 16.7 Å². The number of hydrogen-bond acceptors (Lipinski definition) is 5. The van der Waals surface area contributed by atoms with Gasteiger partial charge < -0.3 is 4.79 Å². The first-order chi connectivity index (χ1) is 12.5. The zero-order valence-electron chi connectivity index (χ0n) is 16.2. The Bertz CT molecular complexity index is 804. The van der Waals surface area contributed by atoms with Crippen molar-refractivity contribution < 1.29 is 23.2 Å². The number of anilines is 1. The summed E-state index contributed by atoms with van der Waals surface area (Å²) in [6.07, 6.45) is 3.15. The maximum atomic E-state index is 13.1. The van der Waals surface area contributed by atoms with Crippen LogP contribution in [-0.2, 0) is 14.8 Å². The van der Waals surface area contributed by atoms with Gasteiger partial charge in [0.2, 0.25) is 10.0 Å². The lowest BCUT2D eigenvalue weighted by Crippen LogP contribution is -2.46. The first-order valence-corrected chi connectivity index (χ1v) is 10.6. The molecule has 0 unspecified atom stereocenters. The molecule has 2 rings (SSSR count). The van der Waals surface area contributed by atoms with Crippen LogP contribution in [0.1, 0.15) is 50.4 Å². The standard InChI is InChI=1S/C19H28N2O5S/c1-5-15-10-11-19(12-22,18(15,2)3)13-27(25,26)21(4)16-8-6-14(7-9-16)17(23)20-24/h6-9,12,15,24H,5,10-11,13H2,1-4H3,(H,20,23)/t15-,19-/m1/s1. The number of amides is 1. The van der Waals surface area contributed by atoms with Crippen LogP contribution in [0.5, 0.6) is 0 Å². The van der Waals surface area contributed by atoms with Gasteiger partial charge in [-0.2, -0.15) is 0 Å². The number of rotatable bonds is 7. The normalized spacial score (nSPS) is 24.4. The molecule has 8 heteroatoms. The van der Waals surface area contributed by atoms with E-state index in [4.69, 9.17) is 5.21 Å². The third-order valence-electron chi connectivity index (χ3n) is 6.41. The van der Waals surface area contributed by atoms with Crippen LogP contribution in [-0.4, -0.2) is 38.6 Å². The van der Waals surface area contributed by atoms with E-state index in [0.717, 1.165) is 23.4 Å². The van der Waals surface area contributed by atoms with E-state index >= 15 is 0 Å². The largest absolute Gasteiger partial charge is 0.303 e. The number of nitrogens with one attached hydrogen (secondary N) is 1. The van der Waals surface area contributed by atoms with Gasteiger partial charge in [0, 0.05) is 18.0 Å². The lowest BCUT2D eigenvalue weighted by molar-refractivity contribution is -0.120. The van der Waals surface area contributed by atoms with E-state index in [-0.39, 0.29) is 11.3 Å². The van der Waals surface area contributed by atoms with Crippen molar-refractivity contribution in [1.82, 2.24) is 5.48 Å². The van der Waals surface area contributed by atoms with Gasteiger partial charge in [-0.05, 0) is 48.4 Å². The first-order valence-electron chi connectivity index (χ1n) is 9.02. The van der Waals surface area contributed by atoms with E-state index in [9.17, 15) is 18.0 Å². The minimum Gasteiger partial charge on any atom is -0.303 e. The summed E-state index contributed by atoms with van der Waals surface area (Å²) in [5.41, 5.74) is 0.799. The van der Waals surface area contributed by atoms with Crippen LogP contribution >= 0.6 is 0 Å². The molecule has 1 fully saturated rings. The molecule has 0 saturated heterocycles. The van der Waals surface area contributed by atoms with Crippen LogP contribution in [0.4, 0.5) is 5.69 Å². The van der Waals surface area contributed by atoms with Gasteiger partial charge in [-0.3, -0.25) is 14.3 Å². The van der Waals surface area contributed by atoms with E-state index in [1.807, 2.05) is 13.8 Å². The molecular formula is C19H28N2O5S. The van der Waals surface area contributed by atoms with Gasteiger partial charge in [0.1, 0.15) is 6.29 Å². The maximum absolute atomic E-state index is 13.1. The van der Waals surface area contributed by atoms with Crippen LogP contribution in [0.2, 0.25) is 0 Å². The predicted octanol–water partition coefficient (Wildman–Crippen LogP) is 2.60. The van der Waals surface area contributed by atoms with Crippen LogP contribution < -0.4 is 9.79 Å². The minimum atomic E-state index is -3.76. The second-order valence-electron chi connectivity index (χ2n) is 7.85. The van der Waals surface area contributed by atoms with Gasteiger partial charge in [-0.25, -0.2) is 13.9 Å². The van der Waals surface area contributed by atoms with Crippen molar-refractivity contribution in [2.45, 2.75) is 40.0 Å². The van der Waals surface area contributed by atoms with Crippen molar-refractivity contribution in [2.75, 3.05) is 17.1 Å². The molecule has 0 radical (unpaired) electrons. The number of hydrogen-bond donors (Lipinski definition) is 2. The topological polar surface area (TPSA) is 104 Å². The second kappa shape index (κ2) is 7.59. The molecule has 1 aliphatic carbocycles. The predicted molar refractivity (Wildman–Crippen MR) is 103 cm³/mol. The van der Waals surface area contributed by atoms with Gasteiger partial charge >= 0.3 is 0 Å². The monoisotopic (exact) mass is 396 g/mol. The van der Waals surface area contributed by atoms with Crippen molar-refractivity contribution in [3.63, 3.8) is 0 Å². The Kier molecular flexibility index (Phi) is 6.01. The fraction of sp³-hybridized carbons (Fsp3) is 0.579. The molecule has 150 valence electrons. The Morgan fingerprint density at radius 1 is 1.33 bits per heavy atom. The number of benzene rings is 1. The highest BCUT2D eigenvalue weighted by Crippen LogP contribution is 2.56. The van der Waals surface area contributed by atoms with Gasteiger partial charge in [0.15, 0.2) is 0 Å². The Morgan fingerprint density at radius 3 is 2.37 bits per heavy atom. The van der Waals surface area contributed by atoms with E-state index in [2.05, 4.69) is 6.92 Å². The van der Waals surface area contributed by atoms with E-state index in [1.54, 1.807) is 0 Å². The Morgan fingerprint density at radius 2 is 1.93 bits per heavy atom. The van der Waals surface area contributed by atoms with Crippen molar-refractivity contribution in [3.8, 4) is 0 Å². The molecule has 27 heavy (non-hydrogen) atoms. The highest BCUT2D eigenvalue weighted by molar-refractivity contribution is 7.92. The quantitative estimate of drug-likeness (QED) is 0.419. The lowest BCUT2D eigenvalue weighted by Gasteiger charge is -2.40. The lowest BCUT2D eigenvalue weighted by atomic mass is 9.66. The zero-order chi connectivity index (χ0) is 20.5. The molecule has 1 aromatic rings. The van der Waals surface area contributed by atoms with Crippen molar-refractivity contribution in [1.29, 1.82) is 0 Å². The second-order valence-corrected chi connectivity index (χ2v) is 9.85. The van der Waals surface area contributed by atoms with Gasteiger partial charge in [0.05, 0.1) is 11.4 Å². The minimum absolute atomic E-state index is 0.208. The van der Waals surface area contributed by atoms with Gasteiger partial charge in [0.25, 0.3) is 5.91 Å². The summed E-state index contributed by atoms with van der Waals surface area (Å²) in [5.74, 6) is -0.618. The van der Waals surface area contributed by atoms with Crippen LogP contribution in [0.3, 0.4) is 0 Å². The van der Waals surface area contributed by atoms with Crippen LogP contribution in [0.15, 0.2) is 24.3 Å². The first kappa shape index (κ1) is 21.4. The SMILES string of the molecule is CC[C@@H]1CC[C@@](C=O)(CS(=O)(=O)N(C)c2ccc(C(=O)NO)cc2)C1(C)C. The molecule has 1 amide bonds. The van der Waals surface area contributed by atoms with E-state index in [1.165, 1.54) is 36.8 Å². The number of nitrogens with zero attached hydrogens (tertiary/aromatic N) is 1. The van der Waals surface area contributed by atoms with Crippen LogP contribution in [0, 0.1) is 16.7 Å². The molecular weight excluding hydrogens is 368 g/mol. The average molecular weight is 397 g/mol. The van der Waals surface area contributed by atoms with Gasteiger partial charge in [-0.1, -0.05) is 27.2 Å². The smallest absolute Gasteiger partial charge is 0.274 e. The number of carbonyl (C=O) groups excluding carboxylic acids is 2. The Balaban J connectivity index is 2.29. The number of aldehydes is 1. The van der Waals surface area contributed by atoms with Crippen LogP contribution in [0.25, 0.3) is 0 Å². The summed E-state index contributed by atoms with van der Waals surface area (Å²) < 4.78 is 27.3. The summed E-state index contributed by atoms with van der Waals surface area (Å²) in [4.78, 5) is 23.4. The summed E-state index contributed by atoms with van der Waals surface area (Å²) >= 11 is 0. The molecule has 0 aliphatic heterocycles. The van der Waals surface area contributed by atoms with E-state index in [0.29, 0.717) is 18.0 Å². The fourth-order valence-electron chi connectivity index (χ4n) is 4.21. The zero-order valence-corrected chi connectivity index (χ0v) is 17.0. The highest BCUT2D eigenvalue weighted by atomic mass is 32.2. The average Bonchev–Trinajstić information content (AvgIpc) is 2.90. The van der Waals surface area contributed by atoms with Gasteiger partial charge in [-0.15, -0.1) is 0 Å². The third-order valence-corrected chi connectivity index (χ3v) is 8.34. The number of hydroxylamine groups is 1. The highest BCUT2D eigenvalue weighted by Gasteiger charge is 2.56. The summed E-state index contributed by atoms with van der Waals surface area (Å²) in [6, 6.07) is 5.83. The molecule has 1 aromatic carbocycles. The van der Waals surface area contributed by atoms with Crippen molar-refractivity contribution in [3.05, 3.63) is 29.8 Å². The third kappa shape index (κ3) is 3.73. The molecule has 2 atom stereocenters. The molecule has 0 spiro atoms. The maximum Gasteiger partial charge on any atom is 0.274 e. The Labute approximate surface area is 160 Å².